The molecule has 0 aromatic heterocycles. The molecule has 8 heteroatoms. The molecule has 3 unspecified atom stereocenters. The van der Waals surface area contributed by atoms with Gasteiger partial charge in [0.05, 0.1) is 10.5 Å². The fraction of sp³-hybridized carbons (Fsp3) is 0.909. The summed E-state index contributed by atoms with van der Waals surface area (Å²) in [7, 11) is -7.11. The molecule has 0 aliphatic heterocycles. The third kappa shape index (κ3) is 3.68. The molecule has 0 aromatic carbocycles. The van der Waals surface area contributed by atoms with Crippen molar-refractivity contribution < 1.29 is 26.7 Å². The number of rotatable bonds is 5. The first-order chi connectivity index (χ1) is 8.60. The molecule has 112 valence electrons. The minimum Gasteiger partial charge on any atom is -0.480 e. The van der Waals surface area contributed by atoms with Gasteiger partial charge in [0.1, 0.15) is 9.84 Å². The van der Waals surface area contributed by atoms with Crippen LogP contribution < -0.4 is 0 Å². The van der Waals surface area contributed by atoms with Gasteiger partial charge >= 0.3 is 5.97 Å². The van der Waals surface area contributed by atoms with E-state index in [2.05, 4.69) is 0 Å². The zero-order chi connectivity index (χ0) is 14.8. The van der Waals surface area contributed by atoms with Crippen molar-refractivity contribution in [3.05, 3.63) is 0 Å². The first kappa shape index (κ1) is 16.4. The van der Waals surface area contributed by atoms with Crippen molar-refractivity contribution in [2.45, 2.75) is 54.8 Å². The number of carboxylic acid groups (broad SMARTS) is 1. The van der Waals surface area contributed by atoms with Gasteiger partial charge in [0.2, 0.25) is 0 Å². The van der Waals surface area contributed by atoms with Crippen LogP contribution in [-0.4, -0.2) is 49.9 Å². The van der Waals surface area contributed by atoms with Crippen molar-refractivity contribution >= 4 is 25.6 Å². The Bertz CT molecular complexity index is 534. The summed E-state index contributed by atoms with van der Waals surface area (Å²) in [5, 5.41) is 6.00. The van der Waals surface area contributed by atoms with Crippen LogP contribution in [0.1, 0.15) is 39.0 Å². The zero-order valence-corrected chi connectivity index (χ0v) is 12.7. The molecule has 6 nitrogen and oxygen atoms in total. The van der Waals surface area contributed by atoms with Crippen molar-refractivity contribution in [2.24, 2.45) is 0 Å². The van der Waals surface area contributed by atoms with Crippen LogP contribution in [0.3, 0.4) is 0 Å². The Hall–Kier alpha value is -0.630. The smallest absolute Gasteiger partial charge is 0.321 e. The third-order valence-electron chi connectivity index (χ3n) is 3.69. The predicted octanol–water partition coefficient (Wildman–Crippen LogP) is 0.620. The summed E-state index contributed by atoms with van der Waals surface area (Å²) < 4.78 is 47.6. The van der Waals surface area contributed by atoms with Crippen molar-refractivity contribution in [2.75, 3.05) is 6.26 Å². The molecular formula is C11H20O6S2. The molecule has 0 spiro atoms. The molecule has 1 aliphatic carbocycles. The van der Waals surface area contributed by atoms with Gasteiger partial charge in [-0.05, 0) is 25.7 Å². The molecule has 0 radical (unpaired) electrons. The number of carbonyl (C=O) groups is 1. The molecule has 0 amide bonds. The molecule has 1 fully saturated rings. The van der Waals surface area contributed by atoms with Gasteiger partial charge in [0.15, 0.2) is 15.1 Å². The lowest BCUT2D eigenvalue weighted by Crippen LogP contribution is -2.42. The maximum atomic E-state index is 12.3. The van der Waals surface area contributed by atoms with Crippen LogP contribution in [0, 0.1) is 0 Å². The number of hydrogen-bond acceptors (Lipinski definition) is 5. The molecule has 1 rings (SSSR count). The summed E-state index contributed by atoms with van der Waals surface area (Å²) in [5.74, 6) is -1.36. The normalized spacial score (nSPS) is 26.8. The molecule has 19 heavy (non-hydrogen) atoms. The summed E-state index contributed by atoms with van der Waals surface area (Å²) in [6, 6.07) is 0. The minimum absolute atomic E-state index is 0.00227. The van der Waals surface area contributed by atoms with E-state index in [1.54, 1.807) is 0 Å². The average molecular weight is 312 g/mol. The lowest BCUT2D eigenvalue weighted by Gasteiger charge is -2.29. The summed E-state index contributed by atoms with van der Waals surface area (Å²) in [6.07, 6.45) is 2.41. The third-order valence-corrected chi connectivity index (χ3v) is 8.02. The highest BCUT2D eigenvalue weighted by Gasteiger charge is 2.41. The van der Waals surface area contributed by atoms with Crippen LogP contribution in [0.2, 0.25) is 0 Å². The molecule has 0 heterocycles. The SMILES string of the molecule is CCC(C(=O)O)S(=O)(=O)C1CCCC(S(C)(=O)=O)C1. The van der Waals surface area contributed by atoms with Gasteiger partial charge in [-0.25, -0.2) is 16.8 Å². The number of carboxylic acids is 1. The van der Waals surface area contributed by atoms with E-state index in [-0.39, 0.29) is 12.8 Å². The summed E-state index contributed by atoms with van der Waals surface area (Å²) in [5.41, 5.74) is 0. The first-order valence-electron chi connectivity index (χ1n) is 6.25. The predicted molar refractivity (Wildman–Crippen MR) is 71.5 cm³/mol. The zero-order valence-electron chi connectivity index (χ0n) is 11.1. The van der Waals surface area contributed by atoms with Crippen LogP contribution in [0.25, 0.3) is 0 Å². The second-order valence-corrected chi connectivity index (χ2v) is 9.80. The van der Waals surface area contributed by atoms with Crippen LogP contribution >= 0.6 is 0 Å². The Morgan fingerprint density at radius 1 is 1.21 bits per heavy atom. The van der Waals surface area contributed by atoms with Crippen LogP contribution in [0.5, 0.6) is 0 Å². The van der Waals surface area contributed by atoms with Crippen molar-refractivity contribution in [3.8, 4) is 0 Å². The Kier molecular flexibility index (Phi) is 5.00. The van der Waals surface area contributed by atoms with Gasteiger partial charge in [-0.15, -0.1) is 0 Å². The highest BCUT2D eigenvalue weighted by Crippen LogP contribution is 2.30. The van der Waals surface area contributed by atoms with E-state index < -0.39 is 41.4 Å². The summed E-state index contributed by atoms with van der Waals surface area (Å²) in [4.78, 5) is 11.0. The Balaban J connectivity index is 2.99. The number of aliphatic carboxylic acids is 1. The lowest BCUT2D eigenvalue weighted by molar-refractivity contribution is -0.136. The van der Waals surface area contributed by atoms with E-state index in [4.69, 9.17) is 5.11 Å². The standard InChI is InChI=1S/C11H20O6S2/c1-3-10(11(12)13)19(16,17)9-6-4-5-8(7-9)18(2,14)15/h8-10H,3-7H2,1-2H3,(H,12,13). The van der Waals surface area contributed by atoms with Gasteiger partial charge in [-0.1, -0.05) is 13.3 Å². The van der Waals surface area contributed by atoms with Gasteiger partial charge in [-0.3, -0.25) is 4.79 Å². The Morgan fingerprint density at radius 2 is 1.74 bits per heavy atom. The second-order valence-electron chi connectivity index (χ2n) is 5.06. The Labute approximate surface area is 114 Å². The molecule has 0 bridgehead atoms. The lowest BCUT2D eigenvalue weighted by atomic mass is 10.00. The molecular weight excluding hydrogens is 292 g/mol. The summed E-state index contributed by atoms with van der Waals surface area (Å²) in [6.45, 7) is 1.51. The van der Waals surface area contributed by atoms with Crippen LogP contribution in [0.4, 0.5) is 0 Å². The summed E-state index contributed by atoms with van der Waals surface area (Å²) >= 11 is 0. The van der Waals surface area contributed by atoms with Crippen LogP contribution in [0.15, 0.2) is 0 Å². The minimum atomic E-state index is -3.83. The molecule has 0 aromatic rings. The second kappa shape index (κ2) is 5.78. The van der Waals surface area contributed by atoms with Gasteiger partial charge in [-0.2, -0.15) is 0 Å². The maximum Gasteiger partial charge on any atom is 0.321 e. The van der Waals surface area contributed by atoms with Crippen molar-refractivity contribution in [1.82, 2.24) is 0 Å². The fourth-order valence-corrected chi connectivity index (χ4v) is 6.07. The highest BCUT2D eigenvalue weighted by atomic mass is 32.2. The average Bonchev–Trinajstić information content (AvgIpc) is 2.28. The number of sulfone groups is 2. The quantitative estimate of drug-likeness (QED) is 0.797. The maximum absolute atomic E-state index is 12.3. The number of hydrogen-bond donors (Lipinski definition) is 1. The highest BCUT2D eigenvalue weighted by molar-refractivity contribution is 7.93. The van der Waals surface area contributed by atoms with Gasteiger partial charge < -0.3 is 5.11 Å². The van der Waals surface area contributed by atoms with Crippen LogP contribution in [-0.2, 0) is 24.5 Å². The van der Waals surface area contributed by atoms with Gasteiger partial charge in [0, 0.05) is 6.26 Å². The molecule has 1 N–H and O–H groups in total. The van der Waals surface area contributed by atoms with Crippen molar-refractivity contribution in [1.29, 1.82) is 0 Å². The molecule has 3 atom stereocenters. The van der Waals surface area contributed by atoms with Crippen molar-refractivity contribution in [3.63, 3.8) is 0 Å². The topological polar surface area (TPSA) is 106 Å². The molecule has 0 saturated heterocycles. The Morgan fingerprint density at radius 3 is 2.16 bits per heavy atom. The van der Waals surface area contributed by atoms with E-state index in [0.29, 0.717) is 19.3 Å². The van der Waals surface area contributed by atoms with E-state index in [1.807, 2.05) is 0 Å². The first-order valence-corrected chi connectivity index (χ1v) is 9.81. The largest absolute Gasteiger partial charge is 0.480 e. The van der Waals surface area contributed by atoms with E-state index in [1.165, 1.54) is 6.92 Å². The van der Waals surface area contributed by atoms with E-state index >= 15 is 0 Å². The van der Waals surface area contributed by atoms with E-state index in [0.717, 1.165) is 6.26 Å². The van der Waals surface area contributed by atoms with Gasteiger partial charge in [0.25, 0.3) is 0 Å². The monoisotopic (exact) mass is 312 g/mol. The fourth-order valence-electron chi connectivity index (χ4n) is 2.57. The molecule has 1 aliphatic rings. The van der Waals surface area contributed by atoms with E-state index in [9.17, 15) is 21.6 Å². The molecule has 1 saturated carbocycles.